The topological polar surface area (TPSA) is 26.3 Å². The molecule has 3 rings (SSSR count). The smallest absolute Gasteiger partial charge is 0.153 e. The summed E-state index contributed by atoms with van der Waals surface area (Å²) < 4.78 is 20.4. The van der Waals surface area contributed by atoms with Gasteiger partial charge < -0.3 is 4.74 Å². The van der Waals surface area contributed by atoms with E-state index in [0.717, 1.165) is 30.1 Å². The van der Waals surface area contributed by atoms with Gasteiger partial charge in [0.05, 0.1) is 11.7 Å². The number of halogens is 1. The van der Waals surface area contributed by atoms with Crippen molar-refractivity contribution < 1.29 is 13.9 Å². The van der Waals surface area contributed by atoms with Crippen molar-refractivity contribution in [1.82, 2.24) is 0 Å². The fraction of sp³-hybridized carbons (Fsp3) is 0.435. The Bertz CT molecular complexity index is 751. The minimum Gasteiger partial charge on any atom is -0.490 e. The Morgan fingerprint density at radius 1 is 1.00 bits per heavy atom. The van der Waals surface area contributed by atoms with Crippen LogP contribution in [0.4, 0.5) is 4.39 Å². The van der Waals surface area contributed by atoms with Gasteiger partial charge in [0.15, 0.2) is 6.29 Å². The number of benzene rings is 2. The van der Waals surface area contributed by atoms with E-state index in [4.69, 9.17) is 4.74 Å². The number of rotatable bonds is 4. The summed E-state index contributed by atoms with van der Waals surface area (Å²) in [7, 11) is 0. The molecular weight excluding hydrogens is 327 g/mol. The van der Waals surface area contributed by atoms with E-state index in [1.807, 2.05) is 24.3 Å². The van der Waals surface area contributed by atoms with Gasteiger partial charge in [-0.05, 0) is 60.8 Å². The monoisotopic (exact) mass is 354 g/mol. The molecule has 0 bridgehead atoms. The fourth-order valence-electron chi connectivity index (χ4n) is 3.82. The van der Waals surface area contributed by atoms with Gasteiger partial charge in [-0.15, -0.1) is 0 Å². The summed E-state index contributed by atoms with van der Waals surface area (Å²) in [5.41, 5.74) is 1.63. The number of aldehydes is 1. The summed E-state index contributed by atoms with van der Waals surface area (Å²) in [5, 5.41) is 0. The summed E-state index contributed by atoms with van der Waals surface area (Å²) in [5.74, 6) is 1.11. The van der Waals surface area contributed by atoms with E-state index in [1.54, 1.807) is 12.1 Å². The van der Waals surface area contributed by atoms with Gasteiger partial charge in [0.2, 0.25) is 0 Å². The zero-order chi connectivity index (χ0) is 18.7. The number of hydrogen-bond donors (Lipinski definition) is 0. The molecular formula is C23H27FO2. The highest BCUT2D eigenvalue weighted by Gasteiger charge is 2.30. The van der Waals surface area contributed by atoms with E-state index in [2.05, 4.69) is 20.8 Å². The second-order valence-corrected chi connectivity index (χ2v) is 8.31. The van der Waals surface area contributed by atoms with Gasteiger partial charge in [0.1, 0.15) is 11.6 Å². The second kappa shape index (κ2) is 7.61. The van der Waals surface area contributed by atoms with Crippen molar-refractivity contribution in [3.63, 3.8) is 0 Å². The predicted octanol–water partition coefficient (Wildman–Crippen LogP) is 6.29. The van der Waals surface area contributed by atoms with Gasteiger partial charge in [-0.3, -0.25) is 4.79 Å². The maximum Gasteiger partial charge on any atom is 0.153 e. The van der Waals surface area contributed by atoms with Crippen molar-refractivity contribution in [2.45, 2.75) is 52.6 Å². The Labute approximate surface area is 155 Å². The molecule has 0 aromatic heterocycles. The highest BCUT2D eigenvalue weighted by Crippen LogP contribution is 2.39. The highest BCUT2D eigenvalue weighted by atomic mass is 19.1. The lowest BCUT2D eigenvalue weighted by Gasteiger charge is -2.36. The molecule has 1 saturated carbocycles. The van der Waals surface area contributed by atoms with E-state index < -0.39 is 5.82 Å². The fourth-order valence-corrected chi connectivity index (χ4v) is 3.82. The third-order valence-corrected chi connectivity index (χ3v) is 5.52. The normalized spacial score (nSPS) is 20.6. The van der Waals surface area contributed by atoms with Gasteiger partial charge >= 0.3 is 0 Å². The quantitative estimate of drug-likeness (QED) is 0.603. The molecule has 138 valence electrons. The van der Waals surface area contributed by atoms with Crippen molar-refractivity contribution in [3.8, 4) is 16.9 Å². The van der Waals surface area contributed by atoms with Crippen LogP contribution in [0.2, 0.25) is 0 Å². The maximum atomic E-state index is 14.3. The molecule has 2 aromatic rings. The molecule has 3 heteroatoms. The minimum atomic E-state index is -0.475. The third kappa shape index (κ3) is 4.14. The Hall–Kier alpha value is -2.16. The summed E-state index contributed by atoms with van der Waals surface area (Å²) in [4.78, 5) is 10.9. The lowest BCUT2D eigenvalue weighted by Crippen LogP contribution is -2.30. The first kappa shape index (κ1) is 18.6. The van der Waals surface area contributed by atoms with Crippen LogP contribution in [0.15, 0.2) is 42.5 Å². The van der Waals surface area contributed by atoms with Crippen LogP contribution >= 0.6 is 0 Å². The molecule has 1 aliphatic rings. The number of carbonyl (C=O) groups excluding carboxylic acids is 1. The van der Waals surface area contributed by atoms with Crippen LogP contribution in [0.5, 0.6) is 5.75 Å². The largest absolute Gasteiger partial charge is 0.490 e. The molecule has 0 radical (unpaired) electrons. The van der Waals surface area contributed by atoms with Crippen LogP contribution in [0.25, 0.3) is 11.1 Å². The predicted molar refractivity (Wildman–Crippen MR) is 103 cm³/mol. The van der Waals surface area contributed by atoms with Gasteiger partial charge in [0.25, 0.3) is 0 Å². The molecule has 0 saturated heterocycles. The molecule has 0 aliphatic heterocycles. The molecule has 2 nitrogen and oxygen atoms in total. The lowest BCUT2D eigenvalue weighted by atomic mass is 9.72. The minimum absolute atomic E-state index is 0.0819. The summed E-state index contributed by atoms with van der Waals surface area (Å²) >= 11 is 0. The van der Waals surface area contributed by atoms with Gasteiger partial charge in [-0.2, -0.15) is 0 Å². The van der Waals surface area contributed by atoms with Crippen molar-refractivity contribution in [2.24, 2.45) is 11.3 Å². The van der Waals surface area contributed by atoms with Crippen molar-refractivity contribution in [1.29, 1.82) is 0 Å². The molecule has 0 N–H and O–H groups in total. The first-order valence-electron chi connectivity index (χ1n) is 9.39. The molecule has 2 aromatic carbocycles. The molecule has 0 unspecified atom stereocenters. The molecule has 1 fully saturated rings. The second-order valence-electron chi connectivity index (χ2n) is 8.31. The average molecular weight is 354 g/mol. The molecule has 1 aliphatic carbocycles. The van der Waals surface area contributed by atoms with E-state index in [9.17, 15) is 9.18 Å². The van der Waals surface area contributed by atoms with E-state index in [-0.39, 0.29) is 11.7 Å². The first-order valence-corrected chi connectivity index (χ1v) is 9.39. The summed E-state index contributed by atoms with van der Waals surface area (Å²) in [6.45, 7) is 6.95. The Morgan fingerprint density at radius 3 is 2.23 bits per heavy atom. The Morgan fingerprint density at radius 2 is 1.65 bits per heavy atom. The van der Waals surface area contributed by atoms with Gasteiger partial charge in [0, 0.05) is 5.56 Å². The van der Waals surface area contributed by atoms with Gasteiger partial charge in [-0.25, -0.2) is 4.39 Å². The first-order chi connectivity index (χ1) is 12.4. The van der Waals surface area contributed by atoms with Crippen LogP contribution in [0.1, 0.15) is 56.8 Å². The Kier molecular flexibility index (Phi) is 5.45. The third-order valence-electron chi connectivity index (χ3n) is 5.52. The van der Waals surface area contributed by atoms with Crippen molar-refractivity contribution in [2.75, 3.05) is 0 Å². The van der Waals surface area contributed by atoms with Crippen LogP contribution in [-0.4, -0.2) is 12.4 Å². The van der Waals surface area contributed by atoms with Gasteiger partial charge in [-0.1, -0.05) is 45.0 Å². The number of carbonyl (C=O) groups is 1. The molecule has 0 spiro atoms. The average Bonchev–Trinajstić information content (AvgIpc) is 2.62. The van der Waals surface area contributed by atoms with Crippen LogP contribution < -0.4 is 4.74 Å². The number of ether oxygens (including phenoxy) is 1. The zero-order valence-electron chi connectivity index (χ0n) is 15.8. The number of hydrogen-bond acceptors (Lipinski definition) is 2. The highest BCUT2D eigenvalue weighted by molar-refractivity contribution is 5.79. The Balaban J connectivity index is 1.65. The van der Waals surface area contributed by atoms with Crippen molar-refractivity contribution >= 4 is 6.29 Å². The van der Waals surface area contributed by atoms with Crippen LogP contribution in [0.3, 0.4) is 0 Å². The summed E-state index contributed by atoms with van der Waals surface area (Å²) in [6, 6.07) is 12.3. The lowest BCUT2D eigenvalue weighted by molar-refractivity contribution is 0.0882. The van der Waals surface area contributed by atoms with Crippen LogP contribution in [-0.2, 0) is 0 Å². The van der Waals surface area contributed by atoms with E-state index >= 15 is 0 Å². The maximum absolute atomic E-state index is 14.3. The van der Waals surface area contributed by atoms with Crippen LogP contribution in [0, 0.1) is 17.2 Å². The standard InChI is InChI=1S/C23H27FO2/c1-23(2,3)18-9-13-20(14-10-18)26-19-11-7-16(8-12-19)21-6-4-5-17(15-25)22(21)24/h4-8,11-12,15,18,20H,9-10,13-14H2,1-3H3/t18-,20+. The zero-order valence-corrected chi connectivity index (χ0v) is 15.8. The van der Waals surface area contributed by atoms with Crippen molar-refractivity contribution in [3.05, 3.63) is 53.8 Å². The van der Waals surface area contributed by atoms with E-state index in [0.29, 0.717) is 17.3 Å². The molecule has 0 amide bonds. The molecule has 0 atom stereocenters. The molecule has 0 heterocycles. The SMILES string of the molecule is CC(C)(C)[C@H]1CC[C@@H](Oc2ccc(-c3cccc(C=O)c3F)cc2)CC1. The van der Waals surface area contributed by atoms with E-state index in [1.165, 1.54) is 18.9 Å². The summed E-state index contributed by atoms with van der Waals surface area (Å²) in [6.07, 6.45) is 5.38. The molecule has 26 heavy (non-hydrogen) atoms.